The Hall–Kier alpha value is -6.97. The molecule has 1 aromatic heterocycles. The molecule has 3 heteroatoms. The number of nitrogens with one attached hydrogen (secondary N) is 1. The summed E-state index contributed by atoms with van der Waals surface area (Å²) in [5.41, 5.74) is 10.3. The minimum absolute atomic E-state index is 0.133. The molecule has 0 saturated heterocycles. The third-order valence-electron chi connectivity index (χ3n) is 11.1. The van der Waals surface area contributed by atoms with Gasteiger partial charge in [-0.3, -0.25) is 0 Å². The van der Waals surface area contributed by atoms with Crippen LogP contribution in [0.1, 0.15) is 36.6 Å². The van der Waals surface area contributed by atoms with Crippen molar-refractivity contribution in [1.82, 2.24) is 9.88 Å². The summed E-state index contributed by atoms with van der Waals surface area (Å²) in [4.78, 5) is 5.26. The average Bonchev–Trinajstić information content (AvgIpc) is 3.61. The maximum atomic E-state index is 5.26. The highest BCUT2D eigenvalue weighted by molar-refractivity contribution is 6.37. The summed E-state index contributed by atoms with van der Waals surface area (Å²) in [6.45, 7) is 4.22. The van der Waals surface area contributed by atoms with E-state index in [4.69, 9.17) is 4.99 Å². The summed E-state index contributed by atoms with van der Waals surface area (Å²) < 4.78 is 2.46. The number of nitrogens with zero attached hydrogens (tertiary/aromatic N) is 2. The van der Waals surface area contributed by atoms with Crippen LogP contribution in [0.3, 0.4) is 0 Å². The van der Waals surface area contributed by atoms with Gasteiger partial charge in [-0.25, -0.2) is 4.99 Å². The van der Waals surface area contributed by atoms with Gasteiger partial charge in [0.1, 0.15) is 5.84 Å². The Morgan fingerprint density at radius 2 is 1.13 bits per heavy atom. The van der Waals surface area contributed by atoms with Crippen LogP contribution in [0.5, 0.6) is 0 Å². The van der Waals surface area contributed by atoms with Gasteiger partial charge in [-0.2, -0.15) is 0 Å². The molecule has 0 spiro atoms. The van der Waals surface area contributed by atoms with Crippen LogP contribution in [-0.4, -0.2) is 10.4 Å². The number of allylic oxidation sites excluding steroid dienone is 4. The van der Waals surface area contributed by atoms with Crippen LogP contribution in [0.4, 0.5) is 0 Å². The van der Waals surface area contributed by atoms with E-state index < -0.39 is 0 Å². The van der Waals surface area contributed by atoms with E-state index in [1.54, 1.807) is 0 Å². The molecule has 0 radical (unpaired) electrons. The van der Waals surface area contributed by atoms with Gasteiger partial charge in [0.2, 0.25) is 0 Å². The summed E-state index contributed by atoms with van der Waals surface area (Å²) in [5.74, 6) is 0.862. The smallest absolute Gasteiger partial charge is 0.134 e. The molecule has 262 valence electrons. The number of hydrogen-bond donors (Lipinski definition) is 1. The SMILES string of the molecule is C/C=C\C(=C/C)n1c2ccccc2c2c3c4ccccc4c(C4C=C(c5ccccc5)N=C(c5ccc(-c6ccccc6)cc5)N4)cc3c3ccccc3c21. The van der Waals surface area contributed by atoms with Crippen molar-refractivity contribution in [2.75, 3.05) is 0 Å². The van der Waals surface area contributed by atoms with Crippen molar-refractivity contribution in [2.45, 2.75) is 19.9 Å². The normalized spacial score (nSPS) is 14.9. The zero-order valence-corrected chi connectivity index (χ0v) is 30.9. The number of para-hydroxylation sites is 1. The van der Waals surface area contributed by atoms with Crippen molar-refractivity contribution in [3.63, 3.8) is 0 Å². The van der Waals surface area contributed by atoms with E-state index in [1.165, 1.54) is 70.8 Å². The predicted molar refractivity (Wildman–Crippen MR) is 235 cm³/mol. The molecule has 55 heavy (non-hydrogen) atoms. The minimum atomic E-state index is -0.133. The first-order valence-corrected chi connectivity index (χ1v) is 19.1. The summed E-state index contributed by atoms with van der Waals surface area (Å²) in [6.07, 6.45) is 8.86. The van der Waals surface area contributed by atoms with E-state index in [1.807, 2.05) is 0 Å². The van der Waals surface area contributed by atoms with Crippen LogP contribution in [0.25, 0.3) is 76.6 Å². The molecule has 1 atom stereocenters. The molecule has 0 aliphatic carbocycles. The van der Waals surface area contributed by atoms with E-state index in [-0.39, 0.29) is 6.04 Å². The molecule has 8 aromatic carbocycles. The fourth-order valence-electron chi connectivity index (χ4n) is 8.63. The Labute approximate surface area is 320 Å². The number of aromatic nitrogens is 1. The second kappa shape index (κ2) is 13.5. The molecule has 1 N–H and O–H groups in total. The summed E-state index contributed by atoms with van der Waals surface area (Å²) >= 11 is 0. The highest BCUT2D eigenvalue weighted by Crippen LogP contribution is 2.46. The van der Waals surface area contributed by atoms with Crippen LogP contribution >= 0.6 is 0 Å². The lowest BCUT2D eigenvalue weighted by molar-refractivity contribution is 0.788. The number of amidine groups is 1. The fourth-order valence-corrected chi connectivity index (χ4v) is 8.63. The Morgan fingerprint density at radius 3 is 1.84 bits per heavy atom. The lowest BCUT2D eigenvalue weighted by Gasteiger charge is -2.26. The summed E-state index contributed by atoms with van der Waals surface area (Å²) in [7, 11) is 0. The van der Waals surface area contributed by atoms with E-state index in [0.717, 1.165) is 28.4 Å². The van der Waals surface area contributed by atoms with E-state index in [2.05, 4.69) is 212 Å². The second-order valence-corrected chi connectivity index (χ2v) is 14.2. The van der Waals surface area contributed by atoms with Crippen LogP contribution in [0.15, 0.2) is 193 Å². The Bertz CT molecular complexity index is 3050. The van der Waals surface area contributed by atoms with Crippen LogP contribution in [-0.2, 0) is 0 Å². The van der Waals surface area contributed by atoms with Crippen molar-refractivity contribution in [3.8, 4) is 11.1 Å². The van der Waals surface area contributed by atoms with Crippen molar-refractivity contribution < 1.29 is 0 Å². The van der Waals surface area contributed by atoms with E-state index in [9.17, 15) is 0 Å². The Balaban J connectivity index is 1.24. The lowest BCUT2D eigenvalue weighted by Crippen LogP contribution is -2.31. The molecule has 1 aliphatic heterocycles. The van der Waals surface area contributed by atoms with Crippen LogP contribution in [0, 0.1) is 0 Å². The molecule has 1 aliphatic rings. The van der Waals surface area contributed by atoms with Crippen LogP contribution < -0.4 is 5.32 Å². The van der Waals surface area contributed by atoms with Crippen molar-refractivity contribution in [1.29, 1.82) is 0 Å². The molecule has 0 fully saturated rings. The third-order valence-corrected chi connectivity index (χ3v) is 11.1. The van der Waals surface area contributed by atoms with Gasteiger partial charge in [0.05, 0.1) is 22.8 Å². The molecular formula is C52H39N3. The fraction of sp³-hybridized carbons (Fsp3) is 0.0577. The number of rotatable bonds is 6. The first-order chi connectivity index (χ1) is 27.2. The second-order valence-electron chi connectivity index (χ2n) is 14.2. The average molecular weight is 706 g/mol. The lowest BCUT2D eigenvalue weighted by atomic mass is 9.87. The molecule has 9 aromatic rings. The highest BCUT2D eigenvalue weighted by Gasteiger charge is 2.25. The highest BCUT2D eigenvalue weighted by atomic mass is 15.0. The van der Waals surface area contributed by atoms with Gasteiger partial charge in [0.15, 0.2) is 0 Å². The standard InChI is InChI=1S/C52H39N3/c1-3-17-38(4-2)55-48-27-16-15-26-43(48)50-49-41-24-13-11-22-39(41)44(32-45(49)40-23-12-14-25-42(40)51(50)55)47-33-46(36-20-9-6-10-21-36)53-52(54-47)37-30-28-35(29-31-37)34-18-7-5-8-19-34/h3-33,47H,1-2H3,(H,53,54)/b17-3-,38-4+. The predicted octanol–water partition coefficient (Wildman–Crippen LogP) is 13.5. The van der Waals surface area contributed by atoms with Crippen molar-refractivity contribution >= 4 is 71.4 Å². The summed E-state index contributed by atoms with van der Waals surface area (Å²) in [5, 5.41) is 13.9. The topological polar surface area (TPSA) is 29.3 Å². The monoisotopic (exact) mass is 705 g/mol. The molecule has 3 nitrogen and oxygen atoms in total. The van der Waals surface area contributed by atoms with Crippen molar-refractivity contribution in [3.05, 3.63) is 205 Å². The third kappa shape index (κ3) is 5.39. The quantitative estimate of drug-likeness (QED) is 0.135. The maximum Gasteiger partial charge on any atom is 0.134 e. The number of aliphatic imine (C=N–C) groups is 1. The van der Waals surface area contributed by atoms with Gasteiger partial charge < -0.3 is 9.88 Å². The Kier molecular flexibility index (Phi) is 8.00. The molecule has 1 unspecified atom stereocenters. The van der Waals surface area contributed by atoms with E-state index in [0.29, 0.717) is 0 Å². The van der Waals surface area contributed by atoms with Gasteiger partial charge >= 0.3 is 0 Å². The minimum Gasteiger partial charge on any atom is -0.359 e. The molecular weight excluding hydrogens is 667 g/mol. The van der Waals surface area contributed by atoms with Gasteiger partial charge in [-0.15, -0.1) is 0 Å². The summed E-state index contributed by atoms with van der Waals surface area (Å²) in [6, 6.07) is 58.9. The maximum absolute atomic E-state index is 5.26. The number of benzene rings is 8. The first kappa shape index (κ1) is 32.7. The molecule has 0 saturated carbocycles. The number of hydrogen-bond acceptors (Lipinski definition) is 2. The van der Waals surface area contributed by atoms with Crippen LogP contribution in [0.2, 0.25) is 0 Å². The molecule has 2 heterocycles. The van der Waals surface area contributed by atoms with Gasteiger partial charge in [0, 0.05) is 32.8 Å². The first-order valence-electron chi connectivity index (χ1n) is 19.1. The van der Waals surface area contributed by atoms with Gasteiger partial charge in [0.25, 0.3) is 0 Å². The zero-order chi connectivity index (χ0) is 36.9. The zero-order valence-electron chi connectivity index (χ0n) is 30.9. The molecule has 0 amide bonds. The van der Waals surface area contributed by atoms with E-state index >= 15 is 0 Å². The largest absolute Gasteiger partial charge is 0.359 e. The molecule has 10 rings (SSSR count). The Morgan fingerprint density at radius 1 is 0.545 bits per heavy atom. The van der Waals surface area contributed by atoms with Gasteiger partial charge in [-0.1, -0.05) is 164 Å². The van der Waals surface area contributed by atoms with Crippen molar-refractivity contribution in [2.24, 2.45) is 4.99 Å². The number of fused-ring (bicyclic) bond motifs is 10. The molecule has 0 bridgehead atoms. The van der Waals surface area contributed by atoms with Gasteiger partial charge in [-0.05, 0) is 81.9 Å².